The van der Waals surface area contributed by atoms with Crippen LogP contribution in [-0.4, -0.2) is 56.9 Å². The van der Waals surface area contributed by atoms with E-state index in [2.05, 4.69) is 19.1 Å². The predicted molar refractivity (Wildman–Crippen MR) is 83.5 cm³/mol. The summed E-state index contributed by atoms with van der Waals surface area (Å²) in [6, 6.07) is 0. The molecule has 1 aliphatic rings. The van der Waals surface area contributed by atoms with Crippen LogP contribution in [0.1, 0.15) is 43.5 Å². The van der Waals surface area contributed by atoms with Crippen molar-refractivity contribution in [2.75, 3.05) is 13.2 Å². The molecule has 0 bridgehead atoms. The molecule has 3 N–H and O–H groups in total. The van der Waals surface area contributed by atoms with Crippen LogP contribution in [0.15, 0.2) is 6.33 Å². The van der Waals surface area contributed by atoms with Crippen LogP contribution in [0.3, 0.4) is 0 Å². The summed E-state index contributed by atoms with van der Waals surface area (Å²) in [5.41, 5.74) is 1.18. The van der Waals surface area contributed by atoms with E-state index < -0.39 is 44.0 Å². The molecule has 0 saturated carbocycles. The molecule has 10 nitrogen and oxygen atoms in total. The van der Waals surface area contributed by atoms with Crippen LogP contribution in [0.5, 0.6) is 0 Å². The molecule has 0 radical (unpaired) electrons. The highest BCUT2D eigenvalue weighted by Gasteiger charge is 2.56. The number of carbonyl (C=O) groups is 1. The van der Waals surface area contributed by atoms with Crippen molar-refractivity contribution in [1.82, 2.24) is 14.8 Å². The van der Waals surface area contributed by atoms with E-state index in [1.54, 1.807) is 0 Å². The molecule has 0 unspecified atom stereocenters. The maximum atomic E-state index is 14.5. The zero-order valence-electron chi connectivity index (χ0n) is 14.2. The van der Waals surface area contributed by atoms with Crippen LogP contribution in [0.2, 0.25) is 0 Å². The van der Waals surface area contributed by atoms with Gasteiger partial charge in [-0.1, -0.05) is 0 Å². The Morgan fingerprint density at radius 3 is 2.62 bits per heavy atom. The maximum absolute atomic E-state index is 14.5. The standard InChI is InChI=1S/C13H21F2N4O6P/c1-3-23-26(22,24-4-2)13(14,15)6-9-8(20)5-10(25-9)19-7-17-12(18-19)11(16)21/h7-10,20H,3-6H2,1-2H3,(H2,16,21)/t8-,9+,10+/m0/s1. The lowest BCUT2D eigenvalue weighted by Crippen LogP contribution is -2.31. The van der Waals surface area contributed by atoms with E-state index in [4.69, 9.17) is 10.5 Å². The summed E-state index contributed by atoms with van der Waals surface area (Å²) in [6.45, 7) is 2.39. The Morgan fingerprint density at radius 1 is 1.50 bits per heavy atom. The van der Waals surface area contributed by atoms with Gasteiger partial charge in [0.25, 0.3) is 5.91 Å². The van der Waals surface area contributed by atoms with Crippen molar-refractivity contribution in [2.45, 2.75) is 50.8 Å². The van der Waals surface area contributed by atoms with Crippen LogP contribution in [-0.2, 0) is 18.3 Å². The summed E-state index contributed by atoms with van der Waals surface area (Å²) in [6.07, 6.45) is -3.54. The molecule has 1 amide bonds. The molecule has 2 heterocycles. The van der Waals surface area contributed by atoms with Gasteiger partial charge in [0, 0.05) is 6.42 Å². The number of hydrogen-bond donors (Lipinski definition) is 2. The fourth-order valence-corrected chi connectivity index (χ4v) is 4.04. The number of nitrogens with zero attached hydrogens (tertiary/aromatic N) is 3. The minimum Gasteiger partial charge on any atom is -0.390 e. The number of aliphatic hydroxyl groups excluding tert-OH is 1. The highest BCUT2D eigenvalue weighted by molar-refractivity contribution is 7.55. The lowest BCUT2D eigenvalue weighted by atomic mass is 10.1. The van der Waals surface area contributed by atoms with E-state index in [0.29, 0.717) is 0 Å². The van der Waals surface area contributed by atoms with Crippen LogP contribution in [0, 0.1) is 0 Å². The van der Waals surface area contributed by atoms with Crippen molar-refractivity contribution in [3.05, 3.63) is 12.2 Å². The first-order valence-corrected chi connectivity index (χ1v) is 9.49. The van der Waals surface area contributed by atoms with Crippen molar-refractivity contribution >= 4 is 13.5 Å². The molecule has 2 rings (SSSR count). The third-order valence-electron chi connectivity index (χ3n) is 3.67. The van der Waals surface area contributed by atoms with Crippen LogP contribution >= 0.6 is 7.60 Å². The summed E-state index contributed by atoms with van der Waals surface area (Å²) in [7, 11) is -4.72. The number of aliphatic hydroxyl groups is 1. The van der Waals surface area contributed by atoms with Crippen LogP contribution in [0.25, 0.3) is 0 Å². The van der Waals surface area contributed by atoms with E-state index in [9.17, 15) is 23.2 Å². The van der Waals surface area contributed by atoms with Gasteiger partial charge in [0.1, 0.15) is 6.33 Å². The highest BCUT2D eigenvalue weighted by atomic mass is 31.2. The number of alkyl halides is 2. The van der Waals surface area contributed by atoms with E-state index in [1.807, 2.05) is 0 Å². The van der Waals surface area contributed by atoms with Crippen molar-refractivity contribution < 1.29 is 37.0 Å². The molecule has 1 saturated heterocycles. The summed E-state index contributed by atoms with van der Waals surface area (Å²) >= 11 is 0. The number of amides is 1. The van der Waals surface area contributed by atoms with Gasteiger partial charge in [0.15, 0.2) is 6.23 Å². The van der Waals surface area contributed by atoms with E-state index >= 15 is 0 Å². The minimum absolute atomic E-state index is 0.0735. The van der Waals surface area contributed by atoms with E-state index in [0.717, 1.165) is 11.0 Å². The minimum atomic E-state index is -4.72. The molecule has 1 aromatic rings. The molecular weight excluding hydrogens is 377 g/mol. The number of aromatic nitrogens is 3. The Kier molecular flexibility index (Phi) is 6.46. The van der Waals surface area contributed by atoms with Gasteiger partial charge in [-0.25, -0.2) is 9.67 Å². The lowest BCUT2D eigenvalue weighted by molar-refractivity contribution is -0.0717. The summed E-state index contributed by atoms with van der Waals surface area (Å²) < 4.78 is 57.2. The zero-order valence-corrected chi connectivity index (χ0v) is 15.1. The lowest BCUT2D eigenvalue weighted by Gasteiger charge is -2.28. The summed E-state index contributed by atoms with van der Waals surface area (Å²) in [5, 5.41) is 13.8. The van der Waals surface area contributed by atoms with Gasteiger partial charge in [-0.2, -0.15) is 8.78 Å². The average molecular weight is 398 g/mol. The summed E-state index contributed by atoms with van der Waals surface area (Å²) in [4.78, 5) is 14.7. The second-order valence-corrected chi connectivity index (χ2v) is 7.71. The normalized spacial score (nSPS) is 24.1. The first kappa shape index (κ1) is 20.8. The molecule has 3 atom stereocenters. The fraction of sp³-hybridized carbons (Fsp3) is 0.769. The van der Waals surface area contributed by atoms with Crippen molar-refractivity contribution in [3.8, 4) is 0 Å². The van der Waals surface area contributed by atoms with Gasteiger partial charge in [0.05, 0.1) is 31.8 Å². The number of nitrogens with two attached hydrogens (primary N) is 1. The highest BCUT2D eigenvalue weighted by Crippen LogP contribution is 2.64. The van der Waals surface area contributed by atoms with Gasteiger partial charge in [-0.05, 0) is 13.8 Å². The first-order valence-electron chi connectivity index (χ1n) is 7.95. The molecule has 1 aromatic heterocycles. The molecule has 0 aromatic carbocycles. The monoisotopic (exact) mass is 398 g/mol. The Morgan fingerprint density at radius 2 is 2.12 bits per heavy atom. The average Bonchev–Trinajstić information content (AvgIpc) is 3.15. The van der Waals surface area contributed by atoms with E-state index in [-0.39, 0.29) is 25.5 Å². The molecule has 26 heavy (non-hydrogen) atoms. The molecule has 0 spiro atoms. The topological polar surface area (TPSA) is 139 Å². The van der Waals surface area contributed by atoms with Crippen molar-refractivity contribution in [2.24, 2.45) is 5.73 Å². The molecule has 148 valence electrons. The molecule has 0 aliphatic carbocycles. The Labute approximate surface area is 148 Å². The van der Waals surface area contributed by atoms with Crippen molar-refractivity contribution in [3.63, 3.8) is 0 Å². The van der Waals surface area contributed by atoms with Gasteiger partial charge in [-0.3, -0.25) is 9.36 Å². The maximum Gasteiger partial charge on any atom is 0.399 e. The van der Waals surface area contributed by atoms with Gasteiger partial charge >= 0.3 is 13.3 Å². The summed E-state index contributed by atoms with van der Waals surface area (Å²) in [5.74, 6) is -1.13. The predicted octanol–water partition coefficient (Wildman–Crippen LogP) is 1.27. The third-order valence-corrected chi connectivity index (χ3v) is 5.85. The quantitative estimate of drug-likeness (QED) is 0.593. The zero-order chi connectivity index (χ0) is 19.5. The van der Waals surface area contributed by atoms with E-state index in [1.165, 1.54) is 13.8 Å². The van der Waals surface area contributed by atoms with Gasteiger partial charge in [-0.15, -0.1) is 5.10 Å². The van der Waals surface area contributed by atoms with Gasteiger partial charge in [0.2, 0.25) is 5.82 Å². The third kappa shape index (κ3) is 4.26. The van der Waals surface area contributed by atoms with Crippen molar-refractivity contribution in [1.29, 1.82) is 0 Å². The largest absolute Gasteiger partial charge is 0.399 e. The van der Waals surface area contributed by atoms with Crippen LogP contribution in [0.4, 0.5) is 8.78 Å². The smallest absolute Gasteiger partial charge is 0.390 e. The Bertz CT molecular complexity index is 677. The first-order chi connectivity index (χ1) is 12.1. The molecule has 13 heteroatoms. The fourth-order valence-electron chi connectivity index (χ4n) is 2.51. The number of hydrogen-bond acceptors (Lipinski definition) is 8. The van der Waals surface area contributed by atoms with Crippen LogP contribution < -0.4 is 5.73 Å². The second-order valence-electron chi connectivity index (χ2n) is 5.55. The number of rotatable bonds is 9. The Hall–Kier alpha value is -1.46. The Balaban J connectivity index is 2.11. The SMILES string of the molecule is CCOP(=O)(OCC)C(F)(F)C[C@H]1O[C@@H](n2cnc(C(N)=O)n2)C[C@@H]1O. The number of carbonyl (C=O) groups excluding carboxylic acids is 1. The number of primary amides is 1. The second kappa shape index (κ2) is 8.05. The molecular formula is C13H21F2N4O6P. The van der Waals surface area contributed by atoms with Gasteiger partial charge < -0.3 is 24.6 Å². The number of halogens is 2. The number of ether oxygens (including phenoxy) is 1. The molecule has 1 aliphatic heterocycles. The molecule has 1 fully saturated rings.